The van der Waals surface area contributed by atoms with Gasteiger partial charge in [-0.15, -0.1) is 0 Å². The van der Waals surface area contributed by atoms with Gasteiger partial charge in [0.15, 0.2) is 0 Å². The van der Waals surface area contributed by atoms with Crippen LogP contribution in [0.4, 0.5) is 11.4 Å². The number of hydrogen-bond donors (Lipinski definition) is 1. The van der Waals surface area contributed by atoms with Gasteiger partial charge in [0.2, 0.25) is 0 Å². The zero-order valence-electron chi connectivity index (χ0n) is 11.9. The van der Waals surface area contributed by atoms with Crippen LogP contribution in [0.1, 0.15) is 24.5 Å². The van der Waals surface area contributed by atoms with Crippen LogP contribution < -0.4 is 4.90 Å². The van der Waals surface area contributed by atoms with E-state index < -0.39 is 0 Å². The molecular weight excluding hydrogens is 246 g/mol. The van der Waals surface area contributed by atoms with E-state index >= 15 is 0 Å². The Balaban J connectivity index is 1.86. The molecule has 0 bridgehead atoms. The Hall–Kier alpha value is -1.80. The molecule has 0 aromatic heterocycles. The molecule has 3 rings (SSSR count). The summed E-state index contributed by atoms with van der Waals surface area (Å²) >= 11 is 0. The van der Waals surface area contributed by atoms with E-state index in [0.29, 0.717) is 6.04 Å². The summed E-state index contributed by atoms with van der Waals surface area (Å²) in [5, 5.41) is 8.89. The molecule has 1 aliphatic heterocycles. The maximum atomic E-state index is 8.89. The lowest BCUT2D eigenvalue weighted by Gasteiger charge is -2.25. The van der Waals surface area contributed by atoms with Crippen LogP contribution >= 0.6 is 0 Å². The topological polar surface area (TPSA) is 23.5 Å². The van der Waals surface area contributed by atoms with Crippen LogP contribution in [-0.4, -0.2) is 17.8 Å². The van der Waals surface area contributed by atoms with E-state index in [9.17, 15) is 0 Å². The molecule has 0 aliphatic carbocycles. The Morgan fingerprint density at radius 3 is 2.60 bits per heavy atom. The number of nitrogens with zero attached hydrogens (tertiary/aromatic N) is 1. The first-order valence-electron chi connectivity index (χ1n) is 7.36. The molecule has 0 spiro atoms. The Morgan fingerprint density at radius 2 is 1.85 bits per heavy atom. The molecule has 1 aliphatic rings. The zero-order chi connectivity index (χ0) is 13.9. The van der Waals surface area contributed by atoms with Crippen molar-refractivity contribution in [3.63, 3.8) is 0 Å². The van der Waals surface area contributed by atoms with Crippen LogP contribution in [0.25, 0.3) is 0 Å². The van der Waals surface area contributed by atoms with Gasteiger partial charge >= 0.3 is 0 Å². The number of aryl methyl sites for hydroxylation is 1. The second-order valence-electron chi connectivity index (χ2n) is 5.55. The summed E-state index contributed by atoms with van der Waals surface area (Å²) in [6.07, 6.45) is 2.90. The average molecular weight is 267 g/mol. The van der Waals surface area contributed by atoms with Gasteiger partial charge in [-0.05, 0) is 55.5 Å². The molecule has 2 nitrogen and oxygen atoms in total. The molecule has 0 saturated heterocycles. The standard InChI is InChI=1S/C18H21NO/c1-14-13-16-6-2-3-7-18(16)19(14)17-10-8-15(9-11-17)5-4-12-20/h2-3,6-11,14,20H,4-5,12-13H2,1H3. The van der Waals surface area contributed by atoms with E-state index in [1.807, 2.05) is 0 Å². The fourth-order valence-electron chi connectivity index (χ4n) is 3.07. The predicted molar refractivity (Wildman–Crippen MR) is 83.6 cm³/mol. The molecule has 0 radical (unpaired) electrons. The average Bonchev–Trinajstić information content (AvgIpc) is 2.81. The Labute approximate surface area is 120 Å². The first-order valence-corrected chi connectivity index (χ1v) is 7.36. The van der Waals surface area contributed by atoms with Gasteiger partial charge in [0.1, 0.15) is 0 Å². The molecule has 0 fully saturated rings. The van der Waals surface area contributed by atoms with Gasteiger partial charge in [-0.2, -0.15) is 0 Å². The number of benzene rings is 2. The lowest BCUT2D eigenvalue weighted by Crippen LogP contribution is -2.23. The molecule has 1 atom stereocenters. The van der Waals surface area contributed by atoms with Crippen LogP contribution in [0.5, 0.6) is 0 Å². The van der Waals surface area contributed by atoms with Crippen molar-refractivity contribution in [1.82, 2.24) is 0 Å². The van der Waals surface area contributed by atoms with Crippen molar-refractivity contribution in [3.8, 4) is 0 Å². The summed E-state index contributed by atoms with van der Waals surface area (Å²) in [7, 11) is 0. The summed E-state index contributed by atoms with van der Waals surface area (Å²) < 4.78 is 0. The van der Waals surface area contributed by atoms with Crippen molar-refractivity contribution < 1.29 is 5.11 Å². The third-order valence-electron chi connectivity index (χ3n) is 4.05. The highest BCUT2D eigenvalue weighted by molar-refractivity contribution is 5.71. The summed E-state index contributed by atoms with van der Waals surface area (Å²) in [4.78, 5) is 2.42. The predicted octanol–water partition coefficient (Wildman–Crippen LogP) is 3.69. The molecule has 0 amide bonds. The van der Waals surface area contributed by atoms with Crippen molar-refractivity contribution in [2.75, 3.05) is 11.5 Å². The van der Waals surface area contributed by atoms with Gasteiger partial charge in [0.25, 0.3) is 0 Å². The van der Waals surface area contributed by atoms with E-state index in [0.717, 1.165) is 19.3 Å². The maximum absolute atomic E-state index is 8.89. The molecule has 20 heavy (non-hydrogen) atoms. The van der Waals surface area contributed by atoms with E-state index in [4.69, 9.17) is 5.11 Å². The fraction of sp³-hybridized carbons (Fsp3) is 0.333. The van der Waals surface area contributed by atoms with Crippen LogP contribution in [0.3, 0.4) is 0 Å². The SMILES string of the molecule is CC1Cc2ccccc2N1c1ccc(CCCO)cc1. The van der Waals surface area contributed by atoms with Crippen molar-refractivity contribution in [2.24, 2.45) is 0 Å². The first kappa shape index (κ1) is 13.2. The third kappa shape index (κ3) is 2.44. The summed E-state index contributed by atoms with van der Waals surface area (Å²) in [6, 6.07) is 17.9. The van der Waals surface area contributed by atoms with Crippen molar-refractivity contribution in [2.45, 2.75) is 32.2 Å². The lowest BCUT2D eigenvalue weighted by atomic mass is 10.1. The number of aliphatic hydroxyl groups is 1. The second kappa shape index (κ2) is 5.68. The van der Waals surface area contributed by atoms with Gasteiger partial charge in [-0.1, -0.05) is 30.3 Å². The monoisotopic (exact) mass is 267 g/mol. The second-order valence-corrected chi connectivity index (χ2v) is 5.55. The van der Waals surface area contributed by atoms with Crippen molar-refractivity contribution in [3.05, 3.63) is 59.7 Å². The minimum atomic E-state index is 0.262. The lowest BCUT2D eigenvalue weighted by molar-refractivity contribution is 0.288. The van der Waals surface area contributed by atoms with E-state index in [-0.39, 0.29) is 6.61 Å². The van der Waals surface area contributed by atoms with Crippen molar-refractivity contribution in [1.29, 1.82) is 0 Å². The number of fused-ring (bicyclic) bond motifs is 1. The fourth-order valence-corrected chi connectivity index (χ4v) is 3.07. The highest BCUT2D eigenvalue weighted by Gasteiger charge is 2.26. The Morgan fingerprint density at radius 1 is 1.10 bits per heavy atom. The van der Waals surface area contributed by atoms with Crippen molar-refractivity contribution >= 4 is 11.4 Å². The van der Waals surface area contributed by atoms with E-state index in [2.05, 4.69) is 60.4 Å². The largest absolute Gasteiger partial charge is 0.396 e. The minimum absolute atomic E-state index is 0.262. The smallest absolute Gasteiger partial charge is 0.0446 e. The molecule has 104 valence electrons. The Kier molecular flexibility index (Phi) is 3.75. The van der Waals surface area contributed by atoms with Crippen LogP contribution in [0.2, 0.25) is 0 Å². The molecular formula is C18H21NO. The summed E-state index contributed by atoms with van der Waals surface area (Å²) in [5.41, 5.74) is 5.32. The molecule has 1 heterocycles. The normalized spacial score (nSPS) is 17.3. The summed E-state index contributed by atoms with van der Waals surface area (Å²) in [6.45, 7) is 2.54. The minimum Gasteiger partial charge on any atom is -0.396 e. The zero-order valence-corrected chi connectivity index (χ0v) is 11.9. The van der Waals surface area contributed by atoms with E-state index in [1.165, 1.54) is 22.5 Å². The van der Waals surface area contributed by atoms with Crippen LogP contribution in [0, 0.1) is 0 Å². The van der Waals surface area contributed by atoms with E-state index in [1.54, 1.807) is 0 Å². The van der Waals surface area contributed by atoms with Gasteiger partial charge in [-0.25, -0.2) is 0 Å². The van der Waals surface area contributed by atoms with Gasteiger partial charge in [0, 0.05) is 24.0 Å². The summed E-state index contributed by atoms with van der Waals surface area (Å²) in [5.74, 6) is 0. The molecule has 2 aromatic carbocycles. The van der Waals surface area contributed by atoms with Gasteiger partial charge in [0.05, 0.1) is 0 Å². The van der Waals surface area contributed by atoms with Gasteiger partial charge in [-0.3, -0.25) is 0 Å². The quantitative estimate of drug-likeness (QED) is 0.913. The number of anilines is 2. The first-order chi connectivity index (χ1) is 9.79. The molecule has 2 heteroatoms. The highest BCUT2D eigenvalue weighted by atomic mass is 16.2. The Bertz CT molecular complexity index is 576. The van der Waals surface area contributed by atoms with Crippen LogP contribution in [-0.2, 0) is 12.8 Å². The maximum Gasteiger partial charge on any atom is 0.0446 e. The van der Waals surface area contributed by atoms with Crippen LogP contribution in [0.15, 0.2) is 48.5 Å². The molecule has 1 N–H and O–H groups in total. The number of rotatable bonds is 4. The number of aliphatic hydroxyl groups excluding tert-OH is 1. The molecule has 1 unspecified atom stereocenters. The van der Waals surface area contributed by atoms with Gasteiger partial charge < -0.3 is 10.0 Å². The third-order valence-corrected chi connectivity index (χ3v) is 4.05. The number of para-hydroxylation sites is 1. The molecule has 2 aromatic rings. The molecule has 0 saturated carbocycles. The highest BCUT2D eigenvalue weighted by Crippen LogP contribution is 2.37. The number of hydrogen-bond acceptors (Lipinski definition) is 2.